The third-order valence-electron chi connectivity index (χ3n) is 1.27. The van der Waals surface area contributed by atoms with E-state index in [0.29, 0.717) is 0 Å². The van der Waals surface area contributed by atoms with Crippen LogP contribution in [0.5, 0.6) is 0 Å². The van der Waals surface area contributed by atoms with Crippen molar-refractivity contribution in [1.29, 1.82) is 0 Å². The number of rotatable bonds is 6. The fraction of sp³-hybridized carbons (Fsp3) is 1.00. The number of hydrogen-bond donors (Lipinski definition) is 0. The first-order valence-electron chi connectivity index (χ1n) is 3.64. The number of ether oxygens (including phenoxy) is 2. The third kappa shape index (κ3) is 5.42. The second-order valence-corrected chi connectivity index (χ2v) is 4.27. The van der Waals surface area contributed by atoms with Gasteiger partial charge in [0, 0.05) is 0 Å². The van der Waals surface area contributed by atoms with Gasteiger partial charge in [-0.25, -0.2) is 0 Å². The van der Waals surface area contributed by atoms with Crippen LogP contribution < -0.4 is 0 Å². The molecule has 0 amide bonds. The molecular weight excluding hydrogens is 164 g/mol. The fourth-order valence-electron chi connectivity index (χ4n) is 0.660. The number of methoxy groups -OCH3 is 2. The molecule has 0 N–H and O–H groups in total. The molecule has 0 aromatic heterocycles. The summed E-state index contributed by atoms with van der Waals surface area (Å²) in [7, 11) is 3.42. The molecule has 0 heterocycles. The standard InChI is InChI=1S/C4H9.C3H7O2.Ti/c1-3-4-2;1-4-3-5-2;/h1,3-4H2,2H3;3H,1-2H3;. The van der Waals surface area contributed by atoms with Crippen molar-refractivity contribution in [2.75, 3.05) is 14.2 Å². The van der Waals surface area contributed by atoms with Gasteiger partial charge >= 0.3 is 71.9 Å². The van der Waals surface area contributed by atoms with Gasteiger partial charge in [-0.05, 0) is 0 Å². The van der Waals surface area contributed by atoms with Crippen LogP contribution in [0.2, 0.25) is 4.73 Å². The fourth-order valence-corrected chi connectivity index (χ4v) is 2.42. The summed E-state index contributed by atoms with van der Waals surface area (Å²) in [5.74, 6) is 0. The van der Waals surface area contributed by atoms with Gasteiger partial charge in [0.1, 0.15) is 0 Å². The van der Waals surface area contributed by atoms with Gasteiger partial charge in [-0.15, -0.1) is 0 Å². The predicted octanol–water partition coefficient (Wildman–Crippen LogP) is 1.86. The molecule has 0 unspecified atom stereocenters. The van der Waals surface area contributed by atoms with Crippen molar-refractivity contribution in [2.24, 2.45) is 0 Å². The molecule has 60 valence electrons. The minimum atomic E-state index is -0.0157. The molecule has 0 bridgehead atoms. The van der Waals surface area contributed by atoms with Crippen LogP contribution in [-0.4, -0.2) is 18.8 Å². The summed E-state index contributed by atoms with van der Waals surface area (Å²) in [6.07, 6.45) is 2.60. The van der Waals surface area contributed by atoms with Crippen LogP contribution in [0.4, 0.5) is 0 Å². The molecule has 0 aromatic rings. The maximum absolute atomic E-state index is 5.08. The Kier molecular flexibility index (Phi) is 8.23. The van der Waals surface area contributed by atoms with Gasteiger partial charge in [-0.2, -0.15) is 0 Å². The molecule has 0 spiro atoms. The minimum absolute atomic E-state index is 0.0157. The Morgan fingerprint density at radius 1 is 1.30 bits per heavy atom. The van der Waals surface area contributed by atoms with Crippen LogP contribution in [0.15, 0.2) is 0 Å². The van der Waals surface area contributed by atoms with Crippen molar-refractivity contribution in [3.8, 4) is 0 Å². The zero-order valence-electron chi connectivity index (χ0n) is 7.02. The molecule has 2 nitrogen and oxygen atoms in total. The van der Waals surface area contributed by atoms with Gasteiger partial charge < -0.3 is 0 Å². The van der Waals surface area contributed by atoms with Crippen molar-refractivity contribution in [3.05, 3.63) is 0 Å². The molecule has 0 aromatic carbocycles. The van der Waals surface area contributed by atoms with Crippen molar-refractivity contribution < 1.29 is 28.6 Å². The summed E-state index contributed by atoms with van der Waals surface area (Å²) in [4.78, 5) is 0. The third-order valence-corrected chi connectivity index (χ3v) is 3.53. The van der Waals surface area contributed by atoms with E-state index < -0.39 is 0 Å². The summed E-state index contributed by atoms with van der Waals surface area (Å²) in [5.41, 5.74) is 0. The second-order valence-electron chi connectivity index (χ2n) is 2.11. The van der Waals surface area contributed by atoms with Crippen LogP contribution in [0.25, 0.3) is 0 Å². The average Bonchev–Trinajstić information content (AvgIpc) is 1.99. The van der Waals surface area contributed by atoms with Crippen molar-refractivity contribution in [3.63, 3.8) is 0 Å². The summed E-state index contributed by atoms with van der Waals surface area (Å²) in [6, 6.07) is 0. The molecule has 0 rings (SSSR count). The normalized spacial score (nSPS) is 10.4. The van der Waals surface area contributed by atoms with E-state index in [-0.39, 0.29) is 23.7 Å². The zero-order chi connectivity index (χ0) is 7.82. The molecule has 0 atom stereocenters. The van der Waals surface area contributed by atoms with E-state index in [1.54, 1.807) is 14.2 Å². The summed E-state index contributed by atoms with van der Waals surface area (Å²) >= 11 is -0.0157. The first-order valence-corrected chi connectivity index (χ1v) is 5.64. The second kappa shape index (κ2) is 7.74. The molecule has 0 aliphatic heterocycles. The summed E-state index contributed by atoms with van der Waals surface area (Å²) in [5, 5.41) is 0. The van der Waals surface area contributed by atoms with Gasteiger partial charge in [0.05, 0.1) is 0 Å². The Labute approximate surface area is 72.2 Å². The van der Waals surface area contributed by atoms with Crippen LogP contribution in [0.3, 0.4) is 0 Å². The molecule has 0 saturated heterocycles. The van der Waals surface area contributed by atoms with Gasteiger partial charge in [0.25, 0.3) is 0 Å². The maximum atomic E-state index is 5.08. The first kappa shape index (κ1) is 10.6. The topological polar surface area (TPSA) is 18.5 Å². The van der Waals surface area contributed by atoms with E-state index in [4.69, 9.17) is 9.47 Å². The Bertz CT molecular complexity index is 64.6. The van der Waals surface area contributed by atoms with Crippen molar-refractivity contribution >= 4 is 0 Å². The average molecular weight is 180 g/mol. The van der Waals surface area contributed by atoms with Gasteiger partial charge in [-0.1, -0.05) is 0 Å². The van der Waals surface area contributed by atoms with Gasteiger partial charge in [0.15, 0.2) is 0 Å². The van der Waals surface area contributed by atoms with E-state index >= 15 is 0 Å². The molecular formula is C7H16O2Ti. The number of hydrogen-bond acceptors (Lipinski definition) is 2. The Hall–Kier alpha value is 0.634. The van der Waals surface area contributed by atoms with E-state index in [0.717, 1.165) is 0 Å². The van der Waals surface area contributed by atoms with E-state index in [9.17, 15) is 0 Å². The quantitative estimate of drug-likeness (QED) is 0.353. The number of unbranched alkanes of at least 4 members (excludes halogenated alkanes) is 1. The summed E-state index contributed by atoms with van der Waals surface area (Å²) in [6.45, 7) is 2.21. The van der Waals surface area contributed by atoms with Crippen molar-refractivity contribution in [1.82, 2.24) is 0 Å². The van der Waals surface area contributed by atoms with Gasteiger partial charge in [-0.3, -0.25) is 0 Å². The molecule has 0 aliphatic carbocycles. The predicted molar refractivity (Wildman–Crippen MR) is 37.5 cm³/mol. The van der Waals surface area contributed by atoms with E-state index in [1.807, 2.05) is 0 Å². The molecule has 0 saturated carbocycles. The monoisotopic (exact) mass is 180 g/mol. The summed E-state index contributed by atoms with van der Waals surface area (Å²) < 4.78 is 11.6. The SMILES string of the molecule is CCC[CH2][Ti][CH](OC)OC. The molecule has 0 radical (unpaired) electrons. The van der Waals surface area contributed by atoms with Crippen LogP contribution >= 0.6 is 0 Å². The Morgan fingerprint density at radius 3 is 2.30 bits per heavy atom. The Morgan fingerprint density at radius 2 is 1.90 bits per heavy atom. The Balaban J connectivity index is 3.09. The molecule has 0 aliphatic rings. The first-order chi connectivity index (χ1) is 4.85. The molecule has 10 heavy (non-hydrogen) atoms. The van der Waals surface area contributed by atoms with Crippen LogP contribution in [0.1, 0.15) is 19.8 Å². The van der Waals surface area contributed by atoms with Crippen molar-refractivity contribution in [2.45, 2.75) is 29.1 Å². The van der Waals surface area contributed by atoms with Gasteiger partial charge in [0.2, 0.25) is 0 Å². The van der Waals surface area contributed by atoms with E-state index in [2.05, 4.69) is 6.92 Å². The van der Waals surface area contributed by atoms with E-state index in [1.165, 1.54) is 17.6 Å². The molecule has 3 heteroatoms. The molecule has 0 fully saturated rings. The van der Waals surface area contributed by atoms with Crippen LogP contribution in [0, 0.1) is 0 Å². The van der Waals surface area contributed by atoms with Crippen LogP contribution in [-0.2, 0) is 28.6 Å². The zero-order valence-corrected chi connectivity index (χ0v) is 8.58.